The molecule has 7 rings (SSSR count). The molecule has 6 atom stereocenters. The van der Waals surface area contributed by atoms with Gasteiger partial charge in [0.2, 0.25) is 5.91 Å². The van der Waals surface area contributed by atoms with E-state index in [0.29, 0.717) is 29.2 Å². The lowest BCUT2D eigenvalue weighted by molar-refractivity contribution is -0.196. The maximum Gasteiger partial charge on any atom is 0.223 e. The first kappa shape index (κ1) is 21.3. The van der Waals surface area contributed by atoms with E-state index in [9.17, 15) is 15.0 Å². The Hall–Kier alpha value is -2.28. The Balaban J connectivity index is 1.29. The number of hydrogen-bond acceptors (Lipinski definition) is 4. The number of furan rings is 1. The molecule has 2 saturated heterocycles. The Morgan fingerprint density at radius 1 is 1.21 bits per heavy atom. The second kappa shape index (κ2) is 7.90. The number of halogens is 1. The minimum absolute atomic E-state index is 0.00692. The highest BCUT2D eigenvalue weighted by molar-refractivity contribution is 6.29. The summed E-state index contributed by atoms with van der Waals surface area (Å²) in [5, 5.41) is 21.5. The number of aliphatic hydroxyl groups is 2. The molecular formula is C26H29ClN2O4. The Morgan fingerprint density at radius 3 is 2.82 bits per heavy atom. The molecule has 1 aromatic carbocycles. The smallest absolute Gasteiger partial charge is 0.223 e. The van der Waals surface area contributed by atoms with Crippen LogP contribution in [0.1, 0.15) is 50.5 Å². The number of nitrogens with one attached hydrogen (secondary N) is 1. The molecule has 3 N–H and O–H groups in total. The number of carbonyl (C=O) groups excluding carboxylic acids is 1. The summed E-state index contributed by atoms with van der Waals surface area (Å²) in [6.45, 7) is 2.09. The number of carbonyl (C=O) groups is 1. The highest BCUT2D eigenvalue weighted by Crippen LogP contribution is 2.53. The summed E-state index contributed by atoms with van der Waals surface area (Å²) in [7, 11) is 0. The van der Waals surface area contributed by atoms with Crippen LogP contribution >= 0.6 is 11.6 Å². The Morgan fingerprint density at radius 2 is 2.06 bits per heavy atom. The van der Waals surface area contributed by atoms with Crippen LogP contribution in [-0.4, -0.2) is 44.4 Å². The number of aromatic nitrogens is 1. The molecule has 7 heteroatoms. The fraction of sp³-hybridized carbons (Fsp3) is 0.500. The molecule has 2 aliphatic carbocycles. The molecule has 2 aromatic heterocycles. The van der Waals surface area contributed by atoms with Crippen molar-refractivity contribution in [2.45, 2.75) is 63.3 Å². The van der Waals surface area contributed by atoms with E-state index in [2.05, 4.69) is 11.9 Å². The molecular weight excluding hydrogens is 440 g/mol. The third-order valence-corrected chi connectivity index (χ3v) is 8.55. The molecule has 33 heavy (non-hydrogen) atoms. The standard InChI is InChI=1S/C26H29ClN2O4/c1-13(18-12-28-19-4-2-3-17(25(18)19)21-5-6-22(27)33-21)7-23(30)29-16-9-14-8-15(11-16)24(26(31)32)20(29)10-14/h2-6,12-16,20,24,26,28,31-32H,7-11H2,1H3. The summed E-state index contributed by atoms with van der Waals surface area (Å²) < 4.78 is 5.69. The first-order valence-corrected chi connectivity index (χ1v) is 12.3. The van der Waals surface area contributed by atoms with E-state index >= 15 is 0 Å². The van der Waals surface area contributed by atoms with E-state index in [0.717, 1.165) is 47.7 Å². The van der Waals surface area contributed by atoms with Crippen molar-refractivity contribution >= 4 is 28.4 Å². The molecule has 174 valence electrons. The lowest BCUT2D eigenvalue weighted by Gasteiger charge is -2.60. The van der Waals surface area contributed by atoms with Gasteiger partial charge in [-0.25, -0.2) is 0 Å². The zero-order valence-electron chi connectivity index (χ0n) is 18.6. The molecule has 3 aromatic rings. The predicted molar refractivity (Wildman–Crippen MR) is 126 cm³/mol. The van der Waals surface area contributed by atoms with Gasteiger partial charge in [0.15, 0.2) is 11.5 Å². The van der Waals surface area contributed by atoms with Crippen LogP contribution in [0.15, 0.2) is 40.9 Å². The topological polar surface area (TPSA) is 89.7 Å². The van der Waals surface area contributed by atoms with E-state index in [1.165, 1.54) is 0 Å². The van der Waals surface area contributed by atoms with Crippen LogP contribution in [0.25, 0.3) is 22.2 Å². The Labute approximate surface area is 197 Å². The van der Waals surface area contributed by atoms with Crippen molar-refractivity contribution in [3.63, 3.8) is 0 Å². The van der Waals surface area contributed by atoms with Crippen molar-refractivity contribution in [3.05, 3.63) is 47.3 Å². The van der Waals surface area contributed by atoms with Crippen LogP contribution in [0.5, 0.6) is 0 Å². The molecule has 2 aliphatic heterocycles. The molecule has 1 amide bonds. The van der Waals surface area contributed by atoms with Gasteiger partial charge >= 0.3 is 0 Å². The number of hydrogen-bond donors (Lipinski definition) is 3. The van der Waals surface area contributed by atoms with E-state index in [1.54, 1.807) is 6.07 Å². The number of nitrogens with zero attached hydrogens (tertiary/aromatic N) is 1. The number of rotatable bonds is 5. The minimum Gasteiger partial charge on any atom is -0.445 e. The largest absolute Gasteiger partial charge is 0.445 e. The van der Waals surface area contributed by atoms with E-state index < -0.39 is 6.29 Å². The SMILES string of the molecule is CC(CC(=O)N1C2CC3CC(C2)C(C(O)O)C1C3)c1c[nH]c2cccc(-c3ccc(Cl)o3)c12. The van der Waals surface area contributed by atoms with Crippen LogP contribution in [0.4, 0.5) is 0 Å². The summed E-state index contributed by atoms with van der Waals surface area (Å²) in [6.07, 6.45) is 4.93. The molecule has 4 aliphatic rings. The van der Waals surface area contributed by atoms with Crippen LogP contribution in [0, 0.1) is 17.8 Å². The van der Waals surface area contributed by atoms with Gasteiger partial charge in [0.05, 0.1) is 0 Å². The van der Waals surface area contributed by atoms with Gasteiger partial charge in [0.1, 0.15) is 5.76 Å². The minimum atomic E-state index is -1.36. The number of benzene rings is 1. The van der Waals surface area contributed by atoms with Gasteiger partial charge in [-0.3, -0.25) is 4.79 Å². The fourth-order valence-electron chi connectivity index (χ4n) is 7.14. The number of piperidine rings is 2. The first-order valence-electron chi connectivity index (χ1n) is 11.9. The Kier molecular flexibility index (Phi) is 5.09. The lowest BCUT2D eigenvalue weighted by Crippen LogP contribution is -2.66. The first-order chi connectivity index (χ1) is 15.9. The van der Waals surface area contributed by atoms with Gasteiger partial charge in [-0.05, 0) is 78.8 Å². The zero-order chi connectivity index (χ0) is 22.9. The average Bonchev–Trinajstić information content (AvgIpc) is 3.39. The second-order valence-corrected chi connectivity index (χ2v) is 10.6. The third kappa shape index (κ3) is 3.42. The second-order valence-electron chi connectivity index (χ2n) is 10.3. The van der Waals surface area contributed by atoms with Crippen molar-refractivity contribution in [2.24, 2.45) is 17.8 Å². The molecule has 0 radical (unpaired) electrons. The van der Waals surface area contributed by atoms with Crippen molar-refractivity contribution in [3.8, 4) is 11.3 Å². The molecule has 4 heterocycles. The lowest BCUT2D eigenvalue weighted by atomic mass is 9.58. The summed E-state index contributed by atoms with van der Waals surface area (Å²) >= 11 is 6.03. The summed E-state index contributed by atoms with van der Waals surface area (Å²) in [4.78, 5) is 19.0. The summed E-state index contributed by atoms with van der Waals surface area (Å²) in [5.74, 6) is 1.54. The van der Waals surface area contributed by atoms with Crippen molar-refractivity contribution < 1.29 is 19.4 Å². The number of aromatic amines is 1. The highest BCUT2D eigenvalue weighted by Gasteiger charge is 2.55. The molecule has 4 bridgehead atoms. The van der Waals surface area contributed by atoms with Crippen LogP contribution < -0.4 is 0 Å². The zero-order valence-corrected chi connectivity index (χ0v) is 19.3. The normalized spacial score (nSPS) is 29.4. The van der Waals surface area contributed by atoms with E-state index in [4.69, 9.17) is 16.0 Å². The summed E-state index contributed by atoms with van der Waals surface area (Å²) in [5.41, 5.74) is 3.02. The molecule has 0 spiro atoms. The van der Waals surface area contributed by atoms with Crippen molar-refractivity contribution in [1.82, 2.24) is 9.88 Å². The maximum absolute atomic E-state index is 13.6. The number of amides is 1. The third-order valence-electron chi connectivity index (χ3n) is 8.35. The van der Waals surface area contributed by atoms with E-state index in [-0.39, 0.29) is 29.8 Å². The van der Waals surface area contributed by atoms with Gasteiger partial charge in [-0.1, -0.05) is 19.1 Å². The summed E-state index contributed by atoms with van der Waals surface area (Å²) in [6, 6.07) is 9.81. The quantitative estimate of drug-likeness (QED) is 0.464. The van der Waals surface area contributed by atoms with Gasteiger partial charge in [-0.2, -0.15) is 0 Å². The maximum atomic E-state index is 13.6. The van der Waals surface area contributed by atoms with Gasteiger partial charge in [-0.15, -0.1) is 0 Å². The number of H-pyrrole nitrogens is 1. The van der Waals surface area contributed by atoms with Crippen LogP contribution in [0.2, 0.25) is 5.22 Å². The monoisotopic (exact) mass is 468 g/mol. The number of fused-ring (bicyclic) bond motifs is 1. The van der Waals surface area contributed by atoms with Crippen LogP contribution in [0.3, 0.4) is 0 Å². The van der Waals surface area contributed by atoms with E-state index in [1.807, 2.05) is 35.4 Å². The van der Waals surface area contributed by atoms with Gasteiger partial charge < -0.3 is 24.5 Å². The predicted octanol–water partition coefficient (Wildman–Crippen LogP) is 4.90. The molecule has 2 saturated carbocycles. The fourth-order valence-corrected chi connectivity index (χ4v) is 7.29. The van der Waals surface area contributed by atoms with Crippen molar-refractivity contribution in [1.29, 1.82) is 0 Å². The van der Waals surface area contributed by atoms with Gasteiger partial charge in [0, 0.05) is 47.1 Å². The average molecular weight is 469 g/mol. The number of aliphatic hydroxyl groups excluding tert-OH is 1. The highest BCUT2D eigenvalue weighted by atomic mass is 35.5. The van der Waals surface area contributed by atoms with Crippen molar-refractivity contribution in [2.75, 3.05) is 0 Å². The van der Waals surface area contributed by atoms with Gasteiger partial charge in [0.25, 0.3) is 0 Å². The molecule has 6 unspecified atom stereocenters. The molecule has 4 fully saturated rings. The Bertz CT molecular complexity index is 1200. The molecule has 6 nitrogen and oxygen atoms in total. The van der Waals surface area contributed by atoms with Crippen LogP contribution in [-0.2, 0) is 4.79 Å².